The van der Waals surface area contributed by atoms with Gasteiger partial charge in [0.05, 0.1) is 7.11 Å². The van der Waals surface area contributed by atoms with Crippen LogP contribution in [-0.2, 0) is 9.53 Å². The molecule has 0 aliphatic heterocycles. The Morgan fingerprint density at radius 1 is 1.14 bits per heavy atom. The Morgan fingerprint density at radius 3 is 2.27 bits per heavy atom. The zero-order valence-corrected chi connectivity index (χ0v) is 15.0. The summed E-state index contributed by atoms with van der Waals surface area (Å²) < 4.78 is 10.1. The molecule has 0 saturated carbocycles. The van der Waals surface area contributed by atoms with Crippen LogP contribution in [0.5, 0.6) is 5.75 Å². The van der Waals surface area contributed by atoms with E-state index in [0.29, 0.717) is 11.7 Å². The maximum Gasteiger partial charge on any atom is 0.343 e. The van der Waals surface area contributed by atoms with Gasteiger partial charge in [0.1, 0.15) is 5.75 Å². The van der Waals surface area contributed by atoms with Gasteiger partial charge in [0.15, 0.2) is 6.61 Å². The van der Waals surface area contributed by atoms with Crippen LogP contribution in [0.1, 0.15) is 59.4 Å². The number of hydrogen-bond donors (Lipinski definition) is 0. The molecule has 1 atom stereocenters. The van der Waals surface area contributed by atoms with Crippen molar-refractivity contribution in [2.24, 2.45) is 10.8 Å². The number of esters is 1. The Balaban J connectivity index is 2.98. The number of hydrogen-bond acceptors (Lipinski definition) is 3. The Hall–Kier alpha value is -1.51. The van der Waals surface area contributed by atoms with Crippen LogP contribution in [0, 0.1) is 10.8 Å². The average Bonchev–Trinajstić information content (AvgIpc) is 2.40. The molecule has 124 valence electrons. The first-order valence-corrected chi connectivity index (χ1v) is 7.82. The molecular formula is C19H30O3. The van der Waals surface area contributed by atoms with E-state index in [1.54, 1.807) is 0 Å². The molecule has 1 unspecified atom stereocenters. The van der Waals surface area contributed by atoms with Crippen molar-refractivity contribution in [3.8, 4) is 5.75 Å². The summed E-state index contributed by atoms with van der Waals surface area (Å²) in [5.41, 5.74) is 1.67. The van der Waals surface area contributed by atoms with Crippen molar-refractivity contribution in [3.05, 3.63) is 29.8 Å². The van der Waals surface area contributed by atoms with E-state index in [4.69, 9.17) is 4.74 Å². The summed E-state index contributed by atoms with van der Waals surface area (Å²) in [6.07, 6.45) is 1.09. The van der Waals surface area contributed by atoms with Crippen LogP contribution < -0.4 is 4.74 Å². The minimum absolute atomic E-state index is 0.0561. The fourth-order valence-electron chi connectivity index (χ4n) is 2.56. The first-order valence-electron chi connectivity index (χ1n) is 7.82. The van der Waals surface area contributed by atoms with Gasteiger partial charge in [-0.25, -0.2) is 4.79 Å². The lowest BCUT2D eigenvalue weighted by molar-refractivity contribution is -0.142. The summed E-state index contributed by atoms with van der Waals surface area (Å²) >= 11 is 0. The van der Waals surface area contributed by atoms with Crippen molar-refractivity contribution in [1.82, 2.24) is 0 Å². The average molecular weight is 306 g/mol. The van der Waals surface area contributed by atoms with Crippen molar-refractivity contribution >= 4 is 5.97 Å². The second kappa shape index (κ2) is 7.17. The van der Waals surface area contributed by atoms with Crippen molar-refractivity contribution in [3.63, 3.8) is 0 Å². The third-order valence-corrected chi connectivity index (χ3v) is 3.71. The van der Waals surface area contributed by atoms with Gasteiger partial charge < -0.3 is 9.47 Å². The van der Waals surface area contributed by atoms with Gasteiger partial charge >= 0.3 is 5.97 Å². The Morgan fingerprint density at radius 2 is 1.77 bits per heavy atom. The first kappa shape index (κ1) is 18.5. The van der Waals surface area contributed by atoms with E-state index in [1.165, 1.54) is 12.7 Å². The van der Waals surface area contributed by atoms with Crippen LogP contribution in [-0.4, -0.2) is 19.7 Å². The topological polar surface area (TPSA) is 35.5 Å². The maximum atomic E-state index is 11.2. The van der Waals surface area contributed by atoms with Gasteiger partial charge in [-0.3, -0.25) is 0 Å². The highest BCUT2D eigenvalue weighted by molar-refractivity contribution is 5.70. The minimum atomic E-state index is -0.368. The Bertz CT molecular complexity index is 492. The fraction of sp³-hybridized carbons (Fsp3) is 0.632. The van der Waals surface area contributed by atoms with Crippen LogP contribution in [0.3, 0.4) is 0 Å². The lowest BCUT2D eigenvalue weighted by Crippen LogP contribution is -2.24. The SMILES string of the molecule is COC(=O)COc1cccc(C(CC(C)(C)C)C(C)(C)C)c1. The van der Waals surface area contributed by atoms with Crippen LogP contribution in [0.4, 0.5) is 0 Å². The normalized spacial score (nSPS) is 13.6. The van der Waals surface area contributed by atoms with Crippen LogP contribution >= 0.6 is 0 Å². The zero-order valence-electron chi connectivity index (χ0n) is 15.0. The van der Waals surface area contributed by atoms with Crippen LogP contribution in [0.2, 0.25) is 0 Å². The number of benzene rings is 1. The van der Waals surface area contributed by atoms with Gasteiger partial charge in [0.25, 0.3) is 0 Å². The van der Waals surface area contributed by atoms with E-state index >= 15 is 0 Å². The van der Waals surface area contributed by atoms with Crippen molar-refractivity contribution < 1.29 is 14.3 Å². The number of methoxy groups -OCH3 is 1. The number of carbonyl (C=O) groups is 1. The molecule has 0 radical (unpaired) electrons. The lowest BCUT2D eigenvalue weighted by Gasteiger charge is -2.36. The Labute approximate surface area is 135 Å². The zero-order chi connectivity index (χ0) is 17.0. The molecule has 3 heteroatoms. The van der Waals surface area contributed by atoms with Gasteiger partial charge in [-0.15, -0.1) is 0 Å². The second-order valence-corrected chi connectivity index (χ2v) is 8.12. The molecule has 0 aromatic heterocycles. The van der Waals surface area contributed by atoms with E-state index in [0.717, 1.165) is 6.42 Å². The quantitative estimate of drug-likeness (QED) is 0.733. The van der Waals surface area contributed by atoms with Crippen molar-refractivity contribution in [1.29, 1.82) is 0 Å². The molecule has 0 saturated heterocycles. The highest BCUT2D eigenvalue weighted by atomic mass is 16.6. The van der Waals surface area contributed by atoms with Gasteiger partial charge in [0.2, 0.25) is 0 Å². The summed E-state index contributed by atoms with van der Waals surface area (Å²) in [5, 5.41) is 0. The predicted octanol–water partition coefficient (Wildman–Crippen LogP) is 4.80. The fourth-order valence-corrected chi connectivity index (χ4v) is 2.56. The smallest absolute Gasteiger partial charge is 0.343 e. The molecule has 0 aliphatic rings. The summed E-state index contributed by atoms with van der Waals surface area (Å²) in [6.45, 7) is 13.6. The molecule has 22 heavy (non-hydrogen) atoms. The van der Waals surface area contributed by atoms with Crippen LogP contribution in [0.25, 0.3) is 0 Å². The first-order chi connectivity index (χ1) is 10.0. The summed E-state index contributed by atoms with van der Waals surface area (Å²) in [6, 6.07) is 8.06. The summed E-state index contributed by atoms with van der Waals surface area (Å²) in [5.74, 6) is 0.771. The molecule has 0 heterocycles. The molecule has 0 aliphatic carbocycles. The van der Waals surface area contributed by atoms with Crippen molar-refractivity contribution in [2.45, 2.75) is 53.9 Å². The highest BCUT2D eigenvalue weighted by Gasteiger charge is 2.30. The molecule has 3 nitrogen and oxygen atoms in total. The van der Waals surface area contributed by atoms with E-state index < -0.39 is 0 Å². The van der Waals surface area contributed by atoms with E-state index in [-0.39, 0.29) is 23.4 Å². The molecule has 0 fully saturated rings. The summed E-state index contributed by atoms with van der Waals surface area (Å²) in [4.78, 5) is 11.2. The van der Waals surface area contributed by atoms with Crippen LogP contribution in [0.15, 0.2) is 24.3 Å². The molecule has 1 aromatic carbocycles. The molecule has 1 rings (SSSR count). The third kappa shape index (κ3) is 6.08. The maximum absolute atomic E-state index is 11.2. The van der Waals surface area contributed by atoms with E-state index in [1.807, 2.05) is 18.2 Å². The molecule has 0 amide bonds. The second-order valence-electron chi connectivity index (χ2n) is 8.12. The minimum Gasteiger partial charge on any atom is -0.482 e. The van der Waals surface area contributed by atoms with E-state index in [9.17, 15) is 4.79 Å². The van der Waals surface area contributed by atoms with Gasteiger partial charge in [0, 0.05) is 0 Å². The molecule has 0 spiro atoms. The largest absolute Gasteiger partial charge is 0.482 e. The Kier molecular flexibility index (Phi) is 6.04. The molecular weight excluding hydrogens is 276 g/mol. The van der Waals surface area contributed by atoms with E-state index in [2.05, 4.69) is 52.3 Å². The van der Waals surface area contributed by atoms with Gasteiger partial charge in [-0.1, -0.05) is 53.7 Å². The predicted molar refractivity (Wildman–Crippen MR) is 90.2 cm³/mol. The molecule has 1 aromatic rings. The summed E-state index contributed by atoms with van der Waals surface area (Å²) in [7, 11) is 1.36. The molecule has 0 bridgehead atoms. The number of ether oxygens (including phenoxy) is 2. The number of rotatable bonds is 5. The standard InChI is InChI=1S/C19H30O3/c1-18(2,3)12-16(19(4,5)6)14-9-8-10-15(11-14)22-13-17(20)21-7/h8-11,16H,12-13H2,1-7H3. The monoisotopic (exact) mass is 306 g/mol. The lowest BCUT2D eigenvalue weighted by atomic mass is 9.69. The van der Waals surface area contributed by atoms with Crippen molar-refractivity contribution in [2.75, 3.05) is 13.7 Å². The molecule has 0 N–H and O–H groups in total. The third-order valence-electron chi connectivity index (χ3n) is 3.71. The van der Waals surface area contributed by atoms with Gasteiger partial charge in [-0.2, -0.15) is 0 Å². The highest BCUT2D eigenvalue weighted by Crippen LogP contribution is 2.43. The van der Waals surface area contributed by atoms with Gasteiger partial charge in [-0.05, 0) is 40.9 Å². The number of carbonyl (C=O) groups excluding carboxylic acids is 1.